The summed E-state index contributed by atoms with van der Waals surface area (Å²) >= 11 is 0. The number of phenolic OH excluding ortho intramolecular Hbond substituents is 1. The molecule has 43 heavy (non-hydrogen) atoms. The van der Waals surface area contributed by atoms with Gasteiger partial charge in [-0.3, -0.25) is 24.2 Å². The fraction of sp³-hybridized carbons (Fsp3) is 0.552. The smallest absolute Gasteiger partial charge is 0.405 e. The van der Waals surface area contributed by atoms with E-state index in [0.29, 0.717) is 18.5 Å². The molecule has 3 aliphatic carbocycles. The molecule has 1 fully saturated rings. The van der Waals surface area contributed by atoms with E-state index < -0.39 is 76.5 Å². The lowest BCUT2D eigenvalue weighted by molar-refractivity contribution is -0.148. The average Bonchev–Trinajstić information content (AvgIpc) is 3.25. The van der Waals surface area contributed by atoms with Crippen molar-refractivity contribution in [2.24, 2.45) is 23.5 Å². The van der Waals surface area contributed by atoms with Gasteiger partial charge in [0.1, 0.15) is 29.4 Å². The number of hydrogen-bond donors (Lipinski definition) is 5. The van der Waals surface area contributed by atoms with Crippen molar-refractivity contribution in [3.63, 3.8) is 0 Å². The van der Waals surface area contributed by atoms with Crippen LogP contribution in [-0.4, -0.2) is 106 Å². The number of alkyl halides is 3. The minimum Gasteiger partial charge on any atom is -0.510 e. The van der Waals surface area contributed by atoms with Gasteiger partial charge in [-0.25, -0.2) is 0 Å². The van der Waals surface area contributed by atoms with E-state index in [9.17, 15) is 48.0 Å². The van der Waals surface area contributed by atoms with Crippen LogP contribution in [0.2, 0.25) is 0 Å². The maximum absolute atomic E-state index is 14.1. The van der Waals surface area contributed by atoms with Crippen LogP contribution < -0.4 is 10.6 Å². The zero-order chi connectivity index (χ0) is 31.5. The molecule has 0 aromatic heterocycles. The first-order valence-electron chi connectivity index (χ1n) is 14.0. The Balaban J connectivity index is 1.56. The number of amides is 1. The van der Waals surface area contributed by atoms with Crippen LogP contribution in [0, 0.1) is 17.8 Å². The first-order valence-corrected chi connectivity index (χ1v) is 14.0. The molecule has 14 heteroatoms. The van der Waals surface area contributed by atoms with Crippen LogP contribution in [0.15, 0.2) is 28.7 Å². The third-order valence-corrected chi connectivity index (χ3v) is 9.96. The monoisotopic (exact) mass is 606 g/mol. The number of ketones is 2. The minimum absolute atomic E-state index is 0.0826. The average molecular weight is 607 g/mol. The summed E-state index contributed by atoms with van der Waals surface area (Å²) in [6, 6.07) is -0.124. The van der Waals surface area contributed by atoms with Crippen molar-refractivity contribution >= 4 is 23.2 Å². The van der Waals surface area contributed by atoms with Gasteiger partial charge in [0.15, 0.2) is 11.4 Å². The maximum atomic E-state index is 14.1. The Labute approximate surface area is 244 Å². The van der Waals surface area contributed by atoms with Crippen molar-refractivity contribution in [2.45, 2.75) is 43.1 Å². The molecule has 1 aromatic carbocycles. The lowest BCUT2D eigenvalue weighted by atomic mass is 9.58. The number of primary amides is 1. The number of hydrogen-bond acceptors (Lipinski definition) is 10. The number of benzene rings is 1. The van der Waals surface area contributed by atoms with Gasteiger partial charge < -0.3 is 31.1 Å². The lowest BCUT2D eigenvalue weighted by Crippen LogP contribution is -2.63. The van der Waals surface area contributed by atoms with Gasteiger partial charge >= 0.3 is 6.18 Å². The van der Waals surface area contributed by atoms with Crippen LogP contribution in [0.25, 0.3) is 0 Å². The second-order valence-corrected chi connectivity index (χ2v) is 12.6. The lowest BCUT2D eigenvalue weighted by Gasteiger charge is -2.50. The summed E-state index contributed by atoms with van der Waals surface area (Å²) in [6.07, 6.45) is -4.12. The van der Waals surface area contributed by atoms with Crippen molar-refractivity contribution in [2.75, 3.05) is 45.7 Å². The quantitative estimate of drug-likeness (QED) is 0.318. The summed E-state index contributed by atoms with van der Waals surface area (Å²) < 4.78 is 41.5. The predicted octanol–water partition coefficient (Wildman–Crippen LogP) is 1.50. The fourth-order valence-electron chi connectivity index (χ4n) is 8.38. The highest BCUT2D eigenvalue weighted by molar-refractivity contribution is 6.25. The Hall–Kier alpha value is -3.62. The second kappa shape index (κ2) is 9.44. The van der Waals surface area contributed by atoms with Crippen LogP contribution in [0.1, 0.15) is 40.4 Å². The van der Waals surface area contributed by atoms with E-state index in [4.69, 9.17) is 5.73 Å². The third-order valence-electron chi connectivity index (χ3n) is 9.96. The molecule has 0 spiro atoms. The molecule has 6 N–H and O–H groups in total. The molecule has 2 unspecified atom stereocenters. The van der Waals surface area contributed by atoms with Crippen LogP contribution in [-0.2, 0) is 16.0 Å². The number of carbonyl (C=O) groups is 3. The molecule has 6 atom stereocenters. The predicted molar refractivity (Wildman–Crippen MR) is 145 cm³/mol. The van der Waals surface area contributed by atoms with Gasteiger partial charge in [-0.1, -0.05) is 0 Å². The summed E-state index contributed by atoms with van der Waals surface area (Å²) in [5.41, 5.74) is 1.90. The number of nitrogens with two attached hydrogens (primary N) is 1. The Morgan fingerprint density at radius 2 is 1.88 bits per heavy atom. The molecule has 2 heterocycles. The number of nitrogens with zero attached hydrogens (tertiary/aromatic N) is 3. The van der Waals surface area contributed by atoms with Crippen LogP contribution in [0.4, 0.5) is 18.9 Å². The summed E-state index contributed by atoms with van der Waals surface area (Å²) in [4.78, 5) is 44.3. The highest BCUT2D eigenvalue weighted by Gasteiger charge is 2.63. The largest absolute Gasteiger partial charge is 0.510 e. The first-order chi connectivity index (χ1) is 20.0. The van der Waals surface area contributed by atoms with Crippen molar-refractivity contribution in [3.8, 4) is 5.75 Å². The Morgan fingerprint density at radius 3 is 2.49 bits per heavy atom. The Kier molecular flexibility index (Phi) is 6.46. The number of anilines is 1. The van der Waals surface area contributed by atoms with Gasteiger partial charge in [-0.05, 0) is 76.0 Å². The minimum atomic E-state index is -4.55. The van der Waals surface area contributed by atoms with Crippen molar-refractivity contribution in [3.05, 3.63) is 45.4 Å². The topological polar surface area (TPSA) is 168 Å². The van der Waals surface area contributed by atoms with Crippen LogP contribution >= 0.6 is 0 Å². The maximum Gasteiger partial charge on any atom is 0.405 e. The standard InChI is InChI=1S/C29H33F3N4O7/c1-34(2)22-15-7-12-6-13-18(23(38)17(12)25(40)29(15,43)26(41)19(24(22)39)27(33)42)16(37)8-14-20-11(4-5-35(20)3)9-36(21(13)14)10-28(30,31)32/h8,11-12,15,20,22,37,39-40,43H,4-7,9-10H2,1-3H3,(H2,33,42)/t11?,12-,15-,20?,22+,29-/m0/s1. The molecule has 6 rings (SSSR count). The molecule has 1 saturated heterocycles. The third kappa shape index (κ3) is 4.02. The van der Waals surface area contributed by atoms with Gasteiger partial charge in [0.2, 0.25) is 5.78 Å². The molecule has 5 aliphatic rings. The van der Waals surface area contributed by atoms with Crippen molar-refractivity contribution in [1.82, 2.24) is 9.80 Å². The van der Waals surface area contributed by atoms with Crippen molar-refractivity contribution in [1.29, 1.82) is 0 Å². The second-order valence-electron chi connectivity index (χ2n) is 12.6. The molecule has 2 aliphatic heterocycles. The molecule has 0 saturated carbocycles. The summed E-state index contributed by atoms with van der Waals surface area (Å²) in [7, 11) is 4.90. The highest BCUT2D eigenvalue weighted by Crippen LogP contribution is 2.56. The zero-order valence-electron chi connectivity index (χ0n) is 23.8. The summed E-state index contributed by atoms with van der Waals surface area (Å²) in [5, 5.41) is 45.3. The molecule has 0 bridgehead atoms. The summed E-state index contributed by atoms with van der Waals surface area (Å²) in [5.74, 6) is -8.05. The number of likely N-dealkylation sites (tertiary alicyclic amines) is 1. The number of allylic oxidation sites excluding steroid dienone is 1. The van der Waals surface area contributed by atoms with E-state index in [1.807, 2.05) is 11.9 Å². The molecule has 1 aromatic rings. The number of aromatic hydroxyl groups is 1. The van der Waals surface area contributed by atoms with Gasteiger partial charge in [0, 0.05) is 29.8 Å². The number of phenols is 1. The van der Waals surface area contributed by atoms with Crippen molar-refractivity contribution < 1.29 is 48.0 Å². The number of aliphatic hydroxyl groups is 3. The van der Waals surface area contributed by atoms with E-state index in [0.717, 1.165) is 0 Å². The van der Waals surface area contributed by atoms with E-state index in [-0.39, 0.29) is 53.7 Å². The number of aliphatic hydroxyl groups excluding tert-OH is 2. The van der Waals surface area contributed by atoms with Crippen LogP contribution in [0.3, 0.4) is 0 Å². The Bertz CT molecular complexity index is 1540. The van der Waals surface area contributed by atoms with Crippen LogP contribution in [0.5, 0.6) is 5.75 Å². The van der Waals surface area contributed by atoms with Gasteiger partial charge in [-0.15, -0.1) is 0 Å². The fourth-order valence-corrected chi connectivity index (χ4v) is 8.38. The number of rotatable bonds is 3. The van der Waals surface area contributed by atoms with E-state index in [1.165, 1.54) is 30.0 Å². The van der Waals surface area contributed by atoms with E-state index in [1.54, 1.807) is 0 Å². The number of carbonyl (C=O) groups excluding carboxylic acids is 3. The highest BCUT2D eigenvalue weighted by atomic mass is 19.4. The van der Waals surface area contributed by atoms with Gasteiger partial charge in [-0.2, -0.15) is 13.2 Å². The molecule has 0 radical (unpaired) electrons. The SMILES string of the molecule is CN1CCC2CN(CC(F)(F)F)c3c(cc(O)c4c3C[C@H]3C[C@H]5[C@@H](N(C)C)C(O)=C(C(N)=O)C(=O)[C@@]5(O)C(O)=C3C4=O)C21. The Morgan fingerprint density at radius 1 is 1.21 bits per heavy atom. The molecule has 11 nitrogen and oxygen atoms in total. The molecule has 1 amide bonds. The number of likely N-dealkylation sites (N-methyl/N-ethyl adjacent to an activating group) is 1. The number of Topliss-reactive ketones (excluding diaryl/α,β-unsaturated/α-hetero) is 2. The number of fused-ring (bicyclic) bond motifs is 7. The van der Waals surface area contributed by atoms with E-state index >= 15 is 0 Å². The number of halogens is 3. The normalized spacial score (nSPS) is 32.5. The molecular weight excluding hydrogens is 573 g/mol. The molecular formula is C29H33F3N4O7. The molecule has 232 valence electrons. The first kappa shape index (κ1) is 29.5. The summed E-state index contributed by atoms with van der Waals surface area (Å²) in [6.45, 7) is -0.510. The van der Waals surface area contributed by atoms with Gasteiger partial charge in [0.05, 0.1) is 11.6 Å². The van der Waals surface area contributed by atoms with E-state index in [2.05, 4.69) is 0 Å². The van der Waals surface area contributed by atoms with Gasteiger partial charge in [0.25, 0.3) is 5.91 Å². The zero-order valence-corrected chi connectivity index (χ0v) is 23.8.